The molecule has 1 atom stereocenters. The molecule has 1 unspecified atom stereocenters. The molecule has 0 aromatic rings. The number of carbonyl (C=O) groups is 1. The van der Waals surface area contributed by atoms with Crippen molar-refractivity contribution in [2.75, 3.05) is 13.2 Å². The highest BCUT2D eigenvalue weighted by Gasteiger charge is 2.12. The first-order valence-electron chi connectivity index (χ1n) is 5.65. The molecule has 0 radical (unpaired) electrons. The van der Waals surface area contributed by atoms with Crippen molar-refractivity contribution < 1.29 is 14.6 Å². The van der Waals surface area contributed by atoms with Crippen LogP contribution in [0.25, 0.3) is 0 Å². The summed E-state index contributed by atoms with van der Waals surface area (Å²) in [6.07, 6.45) is 2.83. The normalized spacial score (nSPS) is 13.1. The van der Waals surface area contributed by atoms with Gasteiger partial charge in [0.25, 0.3) is 0 Å². The molecule has 0 rings (SSSR count). The molecule has 15 heavy (non-hydrogen) atoms. The molecular formula is C11H23NO3. The quantitative estimate of drug-likeness (QED) is 0.576. The minimum absolute atomic E-state index is 0.278. The summed E-state index contributed by atoms with van der Waals surface area (Å²) >= 11 is 0. The van der Waals surface area contributed by atoms with Gasteiger partial charge in [0.2, 0.25) is 0 Å². The highest BCUT2D eigenvalue weighted by Crippen LogP contribution is 1.95. The van der Waals surface area contributed by atoms with Gasteiger partial charge < -0.3 is 15.2 Å². The number of carboxylic acids is 1. The Morgan fingerprint density at radius 1 is 1.40 bits per heavy atom. The van der Waals surface area contributed by atoms with Gasteiger partial charge in [-0.2, -0.15) is 0 Å². The van der Waals surface area contributed by atoms with Crippen LogP contribution in [-0.2, 0) is 9.53 Å². The third kappa shape index (κ3) is 8.39. The Morgan fingerprint density at radius 2 is 2.07 bits per heavy atom. The summed E-state index contributed by atoms with van der Waals surface area (Å²) in [5.41, 5.74) is 0. The maximum Gasteiger partial charge on any atom is 0.320 e. The lowest BCUT2D eigenvalue weighted by Crippen LogP contribution is -2.36. The van der Waals surface area contributed by atoms with Crippen molar-refractivity contribution in [3.05, 3.63) is 0 Å². The first-order chi connectivity index (χ1) is 7.07. The highest BCUT2D eigenvalue weighted by atomic mass is 16.5. The van der Waals surface area contributed by atoms with E-state index >= 15 is 0 Å². The molecule has 0 aliphatic rings. The zero-order valence-corrected chi connectivity index (χ0v) is 9.95. The van der Waals surface area contributed by atoms with Crippen LogP contribution in [0.4, 0.5) is 0 Å². The number of carboxylic acid groups (broad SMARTS) is 1. The van der Waals surface area contributed by atoms with Crippen LogP contribution < -0.4 is 5.32 Å². The molecule has 0 aliphatic carbocycles. The molecule has 4 heteroatoms. The summed E-state index contributed by atoms with van der Waals surface area (Å²) < 4.78 is 5.38. The number of ether oxygens (including phenoxy) is 1. The van der Waals surface area contributed by atoms with Crippen molar-refractivity contribution >= 4 is 5.97 Å². The lowest BCUT2D eigenvalue weighted by Gasteiger charge is -2.12. The molecule has 4 nitrogen and oxygen atoms in total. The zero-order valence-electron chi connectivity index (χ0n) is 9.95. The van der Waals surface area contributed by atoms with E-state index < -0.39 is 12.0 Å². The number of nitrogens with one attached hydrogen (secondary N) is 1. The zero-order chi connectivity index (χ0) is 11.7. The SMILES string of the molecule is CCC(NCCCCOC(C)C)C(=O)O. The van der Waals surface area contributed by atoms with E-state index in [1.807, 2.05) is 20.8 Å². The minimum Gasteiger partial charge on any atom is -0.480 e. The van der Waals surface area contributed by atoms with Crippen LogP contribution in [0.5, 0.6) is 0 Å². The van der Waals surface area contributed by atoms with Crippen molar-refractivity contribution in [2.45, 2.75) is 52.2 Å². The molecule has 90 valence electrons. The van der Waals surface area contributed by atoms with E-state index in [1.54, 1.807) is 0 Å². The molecule has 2 N–H and O–H groups in total. The molecule has 0 saturated carbocycles. The average Bonchev–Trinajstić information content (AvgIpc) is 2.15. The van der Waals surface area contributed by atoms with Gasteiger partial charge >= 0.3 is 5.97 Å². The monoisotopic (exact) mass is 217 g/mol. The number of hydrogen-bond donors (Lipinski definition) is 2. The molecule has 0 aromatic heterocycles. The lowest BCUT2D eigenvalue weighted by molar-refractivity contribution is -0.139. The van der Waals surface area contributed by atoms with E-state index in [2.05, 4.69) is 5.32 Å². The second-order valence-electron chi connectivity index (χ2n) is 3.88. The fraction of sp³-hybridized carbons (Fsp3) is 0.909. The van der Waals surface area contributed by atoms with Gasteiger partial charge in [-0.3, -0.25) is 4.79 Å². The van der Waals surface area contributed by atoms with Gasteiger partial charge in [0.1, 0.15) is 6.04 Å². The maximum absolute atomic E-state index is 10.7. The predicted molar refractivity (Wildman–Crippen MR) is 60.0 cm³/mol. The third-order valence-electron chi connectivity index (χ3n) is 2.12. The second kappa shape index (κ2) is 8.68. The van der Waals surface area contributed by atoms with E-state index in [0.717, 1.165) is 26.0 Å². The maximum atomic E-state index is 10.7. The molecule has 0 saturated heterocycles. The topological polar surface area (TPSA) is 58.6 Å². The van der Waals surface area contributed by atoms with Gasteiger partial charge in [-0.15, -0.1) is 0 Å². The first-order valence-corrected chi connectivity index (χ1v) is 5.65. The van der Waals surface area contributed by atoms with Crippen LogP contribution >= 0.6 is 0 Å². The van der Waals surface area contributed by atoms with Crippen molar-refractivity contribution in [1.29, 1.82) is 0 Å². The Kier molecular flexibility index (Phi) is 8.33. The fourth-order valence-electron chi connectivity index (χ4n) is 1.23. The number of aliphatic carboxylic acids is 1. The standard InChI is InChI=1S/C11H23NO3/c1-4-10(11(13)14)12-7-5-6-8-15-9(2)3/h9-10,12H,4-8H2,1-3H3,(H,13,14). The van der Waals surface area contributed by atoms with Crippen molar-refractivity contribution in [3.63, 3.8) is 0 Å². The largest absolute Gasteiger partial charge is 0.480 e. The van der Waals surface area contributed by atoms with Crippen molar-refractivity contribution in [1.82, 2.24) is 5.32 Å². The van der Waals surface area contributed by atoms with Gasteiger partial charge in [-0.1, -0.05) is 6.92 Å². The van der Waals surface area contributed by atoms with Gasteiger partial charge in [-0.05, 0) is 39.7 Å². The molecule has 0 spiro atoms. The Labute approximate surface area is 92.0 Å². The van der Waals surface area contributed by atoms with E-state index in [4.69, 9.17) is 9.84 Å². The smallest absolute Gasteiger partial charge is 0.320 e. The first kappa shape index (κ1) is 14.4. The van der Waals surface area contributed by atoms with Crippen molar-refractivity contribution in [2.24, 2.45) is 0 Å². The summed E-state index contributed by atoms with van der Waals surface area (Å²) in [5, 5.41) is 11.8. The molecule has 0 heterocycles. The average molecular weight is 217 g/mol. The molecule has 0 bridgehead atoms. The molecule has 0 amide bonds. The Bertz CT molecular complexity index is 171. The summed E-state index contributed by atoms with van der Waals surface area (Å²) in [4.78, 5) is 10.7. The Hall–Kier alpha value is -0.610. The van der Waals surface area contributed by atoms with E-state index in [1.165, 1.54) is 0 Å². The molecular weight excluding hydrogens is 194 g/mol. The summed E-state index contributed by atoms with van der Waals surface area (Å²) in [6, 6.07) is -0.406. The summed E-state index contributed by atoms with van der Waals surface area (Å²) in [7, 11) is 0. The lowest BCUT2D eigenvalue weighted by atomic mass is 10.2. The molecule has 0 fully saturated rings. The molecule has 0 aromatic carbocycles. The van der Waals surface area contributed by atoms with Crippen LogP contribution in [-0.4, -0.2) is 36.4 Å². The van der Waals surface area contributed by atoms with Crippen LogP contribution in [0.1, 0.15) is 40.0 Å². The van der Waals surface area contributed by atoms with Crippen LogP contribution in [0, 0.1) is 0 Å². The number of unbranched alkanes of at least 4 members (excludes halogenated alkanes) is 1. The Morgan fingerprint density at radius 3 is 2.53 bits per heavy atom. The van der Waals surface area contributed by atoms with Crippen LogP contribution in [0.2, 0.25) is 0 Å². The molecule has 0 aliphatic heterocycles. The van der Waals surface area contributed by atoms with Gasteiger partial charge in [0, 0.05) is 6.61 Å². The van der Waals surface area contributed by atoms with Crippen molar-refractivity contribution in [3.8, 4) is 0 Å². The predicted octanol–water partition coefficient (Wildman–Crippen LogP) is 1.64. The minimum atomic E-state index is -0.768. The van der Waals surface area contributed by atoms with E-state index in [0.29, 0.717) is 6.42 Å². The van der Waals surface area contributed by atoms with Gasteiger partial charge in [0.05, 0.1) is 6.10 Å². The summed E-state index contributed by atoms with van der Waals surface area (Å²) in [6.45, 7) is 7.38. The highest BCUT2D eigenvalue weighted by molar-refractivity contribution is 5.73. The van der Waals surface area contributed by atoms with E-state index in [9.17, 15) is 4.79 Å². The van der Waals surface area contributed by atoms with Crippen LogP contribution in [0.15, 0.2) is 0 Å². The Balaban J connectivity index is 3.33. The van der Waals surface area contributed by atoms with Crippen LogP contribution in [0.3, 0.4) is 0 Å². The van der Waals surface area contributed by atoms with E-state index in [-0.39, 0.29) is 6.10 Å². The number of hydrogen-bond acceptors (Lipinski definition) is 3. The third-order valence-corrected chi connectivity index (χ3v) is 2.12. The fourth-order valence-corrected chi connectivity index (χ4v) is 1.23. The summed E-state index contributed by atoms with van der Waals surface area (Å²) in [5.74, 6) is -0.768. The number of rotatable bonds is 9. The second-order valence-corrected chi connectivity index (χ2v) is 3.88. The van der Waals surface area contributed by atoms with Gasteiger partial charge in [-0.25, -0.2) is 0 Å². The van der Waals surface area contributed by atoms with Gasteiger partial charge in [0.15, 0.2) is 0 Å².